The Morgan fingerprint density at radius 3 is 2.44 bits per heavy atom. The molecule has 1 atom stereocenters. The molecule has 0 spiro atoms. The second-order valence-electron chi connectivity index (χ2n) is 4.67. The van der Waals surface area contributed by atoms with Crippen LogP contribution >= 0.6 is 0 Å². The summed E-state index contributed by atoms with van der Waals surface area (Å²) < 4.78 is 0. The summed E-state index contributed by atoms with van der Waals surface area (Å²) in [5.41, 5.74) is 8.59. The SMILES string of the molecule is CN=C(N)[C@H](C)c1ccccc1CC(C)C. The standard InChI is InChI=1S/C14H22N2/c1-10(2)9-12-7-5-6-8-13(12)11(3)14(15)16-4/h5-8,10-11H,9H2,1-4H3,(H2,15,16)/t11-/m1/s1. The molecule has 1 aromatic carbocycles. The summed E-state index contributed by atoms with van der Waals surface area (Å²) in [5.74, 6) is 1.57. The van der Waals surface area contributed by atoms with Gasteiger partial charge in [-0.2, -0.15) is 0 Å². The summed E-state index contributed by atoms with van der Waals surface area (Å²) in [5, 5.41) is 0. The molecule has 1 rings (SSSR count). The number of hydrogen-bond acceptors (Lipinski definition) is 1. The van der Waals surface area contributed by atoms with E-state index in [2.05, 4.69) is 50.0 Å². The lowest BCUT2D eigenvalue weighted by Gasteiger charge is -2.17. The van der Waals surface area contributed by atoms with Crippen molar-refractivity contribution in [2.75, 3.05) is 7.05 Å². The van der Waals surface area contributed by atoms with Crippen LogP contribution in [0.25, 0.3) is 0 Å². The Labute approximate surface area is 98.6 Å². The van der Waals surface area contributed by atoms with Crippen LogP contribution in [0.5, 0.6) is 0 Å². The maximum absolute atomic E-state index is 5.90. The minimum absolute atomic E-state index is 0.208. The molecule has 2 nitrogen and oxygen atoms in total. The van der Waals surface area contributed by atoms with Gasteiger partial charge in [0.05, 0.1) is 0 Å². The lowest BCUT2D eigenvalue weighted by atomic mass is 9.90. The summed E-state index contributed by atoms with van der Waals surface area (Å²) in [6.07, 6.45) is 1.09. The first kappa shape index (κ1) is 12.8. The van der Waals surface area contributed by atoms with Crippen LogP contribution in [0, 0.1) is 5.92 Å². The van der Waals surface area contributed by atoms with E-state index in [0.717, 1.165) is 6.42 Å². The van der Waals surface area contributed by atoms with Gasteiger partial charge in [-0.05, 0) is 23.5 Å². The third-order valence-corrected chi connectivity index (χ3v) is 2.85. The van der Waals surface area contributed by atoms with Crippen molar-refractivity contribution in [1.82, 2.24) is 0 Å². The van der Waals surface area contributed by atoms with Gasteiger partial charge in [-0.15, -0.1) is 0 Å². The first-order valence-electron chi connectivity index (χ1n) is 5.86. The lowest BCUT2D eigenvalue weighted by Crippen LogP contribution is -2.20. The summed E-state index contributed by atoms with van der Waals surface area (Å²) >= 11 is 0. The molecule has 1 aromatic rings. The number of amidine groups is 1. The number of nitrogens with zero attached hydrogens (tertiary/aromatic N) is 1. The van der Waals surface area contributed by atoms with E-state index in [1.54, 1.807) is 7.05 Å². The molecule has 2 heteroatoms. The smallest absolute Gasteiger partial charge is 0.101 e. The van der Waals surface area contributed by atoms with Crippen molar-refractivity contribution in [3.8, 4) is 0 Å². The van der Waals surface area contributed by atoms with Gasteiger partial charge in [0.2, 0.25) is 0 Å². The number of hydrogen-bond donors (Lipinski definition) is 1. The van der Waals surface area contributed by atoms with Crippen molar-refractivity contribution < 1.29 is 0 Å². The molecular formula is C14H22N2. The van der Waals surface area contributed by atoms with E-state index >= 15 is 0 Å². The monoisotopic (exact) mass is 218 g/mol. The zero-order valence-corrected chi connectivity index (χ0v) is 10.7. The van der Waals surface area contributed by atoms with E-state index in [1.165, 1.54) is 11.1 Å². The largest absolute Gasteiger partial charge is 0.387 e. The molecule has 16 heavy (non-hydrogen) atoms. The van der Waals surface area contributed by atoms with Crippen molar-refractivity contribution in [3.63, 3.8) is 0 Å². The molecule has 88 valence electrons. The minimum Gasteiger partial charge on any atom is -0.387 e. The number of rotatable bonds is 4. The van der Waals surface area contributed by atoms with Gasteiger partial charge in [0.25, 0.3) is 0 Å². The number of nitrogens with two attached hydrogens (primary N) is 1. The predicted molar refractivity (Wildman–Crippen MR) is 70.9 cm³/mol. The summed E-state index contributed by atoms with van der Waals surface area (Å²) in [6, 6.07) is 8.50. The van der Waals surface area contributed by atoms with E-state index in [9.17, 15) is 0 Å². The van der Waals surface area contributed by atoms with Gasteiger partial charge >= 0.3 is 0 Å². The van der Waals surface area contributed by atoms with E-state index in [-0.39, 0.29) is 5.92 Å². The topological polar surface area (TPSA) is 38.4 Å². The van der Waals surface area contributed by atoms with Crippen LogP contribution in [-0.2, 0) is 6.42 Å². The van der Waals surface area contributed by atoms with Crippen molar-refractivity contribution in [2.45, 2.75) is 33.1 Å². The molecule has 0 saturated carbocycles. The van der Waals surface area contributed by atoms with E-state index in [1.807, 2.05) is 0 Å². The number of aliphatic imine (C=N–C) groups is 1. The van der Waals surface area contributed by atoms with Crippen LogP contribution < -0.4 is 5.73 Å². The fourth-order valence-electron chi connectivity index (χ4n) is 1.94. The molecule has 0 unspecified atom stereocenters. The van der Waals surface area contributed by atoms with Gasteiger partial charge in [0, 0.05) is 13.0 Å². The van der Waals surface area contributed by atoms with Gasteiger partial charge in [0.1, 0.15) is 5.84 Å². The Hall–Kier alpha value is -1.31. The Morgan fingerprint density at radius 1 is 1.25 bits per heavy atom. The molecular weight excluding hydrogens is 196 g/mol. The van der Waals surface area contributed by atoms with E-state index < -0.39 is 0 Å². The third-order valence-electron chi connectivity index (χ3n) is 2.85. The molecule has 2 N–H and O–H groups in total. The highest BCUT2D eigenvalue weighted by molar-refractivity contribution is 5.87. The molecule has 0 aliphatic carbocycles. The number of benzene rings is 1. The van der Waals surface area contributed by atoms with Crippen LogP contribution in [0.15, 0.2) is 29.3 Å². The molecule has 0 amide bonds. The minimum atomic E-state index is 0.208. The van der Waals surface area contributed by atoms with Crippen LogP contribution in [0.2, 0.25) is 0 Å². The molecule has 0 bridgehead atoms. The predicted octanol–water partition coefficient (Wildman–Crippen LogP) is 2.98. The Bertz CT molecular complexity index is 367. The average Bonchev–Trinajstić information content (AvgIpc) is 2.27. The van der Waals surface area contributed by atoms with E-state index in [0.29, 0.717) is 11.8 Å². The maximum atomic E-state index is 5.90. The second kappa shape index (κ2) is 5.69. The fraction of sp³-hybridized carbons (Fsp3) is 0.500. The van der Waals surface area contributed by atoms with Gasteiger partial charge in [-0.25, -0.2) is 0 Å². The van der Waals surface area contributed by atoms with Crippen molar-refractivity contribution in [1.29, 1.82) is 0 Å². The Morgan fingerprint density at radius 2 is 1.88 bits per heavy atom. The average molecular weight is 218 g/mol. The van der Waals surface area contributed by atoms with Gasteiger partial charge < -0.3 is 5.73 Å². The van der Waals surface area contributed by atoms with E-state index in [4.69, 9.17) is 5.73 Å². The summed E-state index contributed by atoms with van der Waals surface area (Å²) in [6.45, 7) is 6.58. The molecule has 0 saturated heterocycles. The first-order chi connectivity index (χ1) is 7.56. The van der Waals surface area contributed by atoms with Crippen LogP contribution in [-0.4, -0.2) is 12.9 Å². The molecule has 0 fully saturated rings. The highest BCUT2D eigenvalue weighted by atomic mass is 14.8. The lowest BCUT2D eigenvalue weighted by molar-refractivity contribution is 0.642. The second-order valence-corrected chi connectivity index (χ2v) is 4.67. The third kappa shape index (κ3) is 3.09. The fourth-order valence-corrected chi connectivity index (χ4v) is 1.94. The zero-order chi connectivity index (χ0) is 12.1. The van der Waals surface area contributed by atoms with Crippen LogP contribution in [0.4, 0.5) is 0 Å². The summed E-state index contributed by atoms with van der Waals surface area (Å²) in [7, 11) is 1.75. The highest BCUT2D eigenvalue weighted by Crippen LogP contribution is 2.22. The highest BCUT2D eigenvalue weighted by Gasteiger charge is 2.13. The molecule has 0 aliphatic heterocycles. The normalized spacial score (nSPS) is 14.2. The summed E-state index contributed by atoms with van der Waals surface area (Å²) in [4.78, 5) is 4.08. The molecule has 0 radical (unpaired) electrons. The molecule has 0 aliphatic rings. The van der Waals surface area contributed by atoms with Crippen molar-refractivity contribution in [3.05, 3.63) is 35.4 Å². The van der Waals surface area contributed by atoms with Crippen LogP contribution in [0.3, 0.4) is 0 Å². The maximum Gasteiger partial charge on any atom is 0.101 e. The van der Waals surface area contributed by atoms with Gasteiger partial charge in [0.15, 0.2) is 0 Å². The molecule has 0 heterocycles. The molecule has 0 aromatic heterocycles. The van der Waals surface area contributed by atoms with Crippen molar-refractivity contribution in [2.24, 2.45) is 16.6 Å². The van der Waals surface area contributed by atoms with Crippen LogP contribution in [0.1, 0.15) is 37.8 Å². The van der Waals surface area contributed by atoms with Gasteiger partial charge in [-0.1, -0.05) is 45.0 Å². The zero-order valence-electron chi connectivity index (χ0n) is 10.7. The Balaban J connectivity index is 3.03. The van der Waals surface area contributed by atoms with Gasteiger partial charge in [-0.3, -0.25) is 4.99 Å². The van der Waals surface area contributed by atoms with Crippen molar-refractivity contribution >= 4 is 5.84 Å². The first-order valence-corrected chi connectivity index (χ1v) is 5.86. The quantitative estimate of drug-likeness (QED) is 0.612. The Kier molecular flexibility index (Phi) is 4.53.